The van der Waals surface area contributed by atoms with E-state index in [9.17, 15) is 18.0 Å². The summed E-state index contributed by atoms with van der Waals surface area (Å²) < 4.78 is 24.5. The van der Waals surface area contributed by atoms with E-state index in [4.69, 9.17) is 10.9 Å². The lowest BCUT2D eigenvalue weighted by molar-refractivity contribution is -0.117. The highest BCUT2D eigenvalue weighted by Crippen LogP contribution is 2.34. The molecule has 34 heavy (non-hydrogen) atoms. The number of primary amides is 1. The molecule has 0 aliphatic carbocycles. The predicted molar refractivity (Wildman–Crippen MR) is 132 cm³/mol. The highest BCUT2D eigenvalue weighted by molar-refractivity contribution is 8.00. The minimum atomic E-state index is -3.78. The summed E-state index contributed by atoms with van der Waals surface area (Å²) >= 11 is 1.13. The number of rotatable bonds is 8. The number of carbonyl (C=O) groups excluding carboxylic acids is 1. The Hall–Kier alpha value is -3.47. The van der Waals surface area contributed by atoms with Crippen molar-refractivity contribution in [2.24, 2.45) is 10.9 Å². The third-order valence-corrected chi connectivity index (χ3v) is 7.48. The largest absolute Gasteiger partial charge is 0.368 e. The molecule has 1 amide bonds. The summed E-state index contributed by atoms with van der Waals surface area (Å²) in [5, 5.41) is 5.27. The van der Waals surface area contributed by atoms with Crippen LogP contribution in [-0.2, 0) is 27.8 Å². The van der Waals surface area contributed by atoms with Gasteiger partial charge in [-0.2, -0.15) is 0 Å². The van der Waals surface area contributed by atoms with Gasteiger partial charge < -0.3 is 5.73 Å². The summed E-state index contributed by atoms with van der Waals surface area (Å²) in [4.78, 5) is 30.3. The topological polar surface area (TPSA) is 138 Å². The normalized spacial score (nSPS) is 12.5. The Morgan fingerprint density at radius 3 is 2.26 bits per heavy atom. The number of primary sulfonamides is 1. The van der Waals surface area contributed by atoms with E-state index in [0.717, 1.165) is 17.3 Å². The van der Waals surface area contributed by atoms with Gasteiger partial charge in [-0.15, -0.1) is 0 Å². The molecule has 0 fully saturated rings. The summed E-state index contributed by atoms with van der Waals surface area (Å²) in [5.74, 6) is -0.538. The van der Waals surface area contributed by atoms with Gasteiger partial charge in [-0.1, -0.05) is 66.4 Å². The molecule has 1 atom stereocenters. The van der Waals surface area contributed by atoms with Crippen LogP contribution in [0.3, 0.4) is 0 Å². The van der Waals surface area contributed by atoms with Crippen molar-refractivity contribution >= 4 is 38.6 Å². The Bertz CT molecular complexity index is 1500. The first kappa shape index (κ1) is 23.7. The van der Waals surface area contributed by atoms with E-state index in [1.165, 1.54) is 16.7 Å². The molecule has 0 aliphatic heterocycles. The number of aromatic nitrogens is 2. The van der Waals surface area contributed by atoms with Crippen LogP contribution in [0.2, 0.25) is 0 Å². The Morgan fingerprint density at radius 1 is 0.971 bits per heavy atom. The number of carbonyl (C=O) groups is 1. The van der Waals surface area contributed by atoms with E-state index in [0.29, 0.717) is 28.0 Å². The zero-order chi connectivity index (χ0) is 24.3. The molecule has 0 aliphatic rings. The second kappa shape index (κ2) is 9.80. The summed E-state index contributed by atoms with van der Waals surface area (Å²) in [6.07, 6.45) is 0.435. The molecule has 1 heterocycles. The number of para-hydroxylation sites is 1. The molecule has 4 rings (SSSR count). The summed E-state index contributed by atoms with van der Waals surface area (Å²) in [5.41, 5.74) is 7.53. The third kappa shape index (κ3) is 5.19. The van der Waals surface area contributed by atoms with Crippen LogP contribution in [0.4, 0.5) is 0 Å². The van der Waals surface area contributed by atoms with Gasteiger partial charge in [0.1, 0.15) is 5.25 Å². The molecular weight excluding hydrogens is 472 g/mol. The fourth-order valence-corrected chi connectivity index (χ4v) is 5.13. The third-order valence-electron chi connectivity index (χ3n) is 5.29. The standard InChI is InChI=1S/C24H22N4O4S2/c25-22(29)21(17-6-2-1-3-7-17)33-24-27-20-9-5-4-8-19(20)23(30)28(24)15-14-16-10-12-18(13-11-16)34(26,31)32/h1-13,21H,14-15H2,(H2,25,29)(H2,26,31,32). The molecule has 8 nitrogen and oxygen atoms in total. The Morgan fingerprint density at radius 2 is 1.62 bits per heavy atom. The highest BCUT2D eigenvalue weighted by atomic mass is 32.2. The summed E-state index contributed by atoms with van der Waals surface area (Å²) in [6, 6.07) is 22.3. The van der Waals surface area contributed by atoms with Gasteiger partial charge in [-0.05, 0) is 41.8 Å². The van der Waals surface area contributed by atoms with Gasteiger partial charge in [-0.25, -0.2) is 18.5 Å². The summed E-state index contributed by atoms with van der Waals surface area (Å²) in [7, 11) is -3.78. The van der Waals surface area contributed by atoms with Gasteiger partial charge in [0, 0.05) is 6.54 Å². The van der Waals surface area contributed by atoms with Crippen LogP contribution in [0.15, 0.2) is 93.7 Å². The molecule has 174 valence electrons. The number of sulfonamides is 1. The van der Waals surface area contributed by atoms with Crippen LogP contribution >= 0.6 is 11.8 Å². The molecule has 0 bridgehead atoms. The summed E-state index contributed by atoms with van der Waals surface area (Å²) in [6.45, 7) is 0.272. The predicted octanol–water partition coefficient (Wildman–Crippen LogP) is 2.61. The van der Waals surface area contributed by atoms with Crippen molar-refractivity contribution in [1.29, 1.82) is 0 Å². The maximum Gasteiger partial charge on any atom is 0.262 e. The first-order valence-corrected chi connectivity index (χ1v) is 12.8. The lowest BCUT2D eigenvalue weighted by atomic mass is 10.1. The van der Waals surface area contributed by atoms with Crippen LogP contribution in [-0.4, -0.2) is 23.9 Å². The molecule has 3 aromatic carbocycles. The monoisotopic (exact) mass is 494 g/mol. The van der Waals surface area contributed by atoms with E-state index >= 15 is 0 Å². The van der Waals surface area contributed by atoms with Crippen molar-refractivity contribution < 1.29 is 13.2 Å². The van der Waals surface area contributed by atoms with Crippen molar-refractivity contribution in [2.75, 3.05) is 0 Å². The van der Waals surface area contributed by atoms with Crippen molar-refractivity contribution in [3.8, 4) is 0 Å². The number of fused-ring (bicyclic) bond motifs is 1. The van der Waals surface area contributed by atoms with Gasteiger partial charge in [0.15, 0.2) is 5.16 Å². The Labute approximate surface area is 200 Å². The van der Waals surface area contributed by atoms with Gasteiger partial charge in [0.25, 0.3) is 5.56 Å². The fraction of sp³-hybridized carbons (Fsp3) is 0.125. The van der Waals surface area contributed by atoms with Crippen molar-refractivity contribution in [3.63, 3.8) is 0 Å². The maximum absolute atomic E-state index is 13.3. The average molecular weight is 495 g/mol. The van der Waals surface area contributed by atoms with Crippen molar-refractivity contribution in [3.05, 3.63) is 100 Å². The second-order valence-electron chi connectivity index (χ2n) is 7.62. The molecule has 1 aromatic heterocycles. The highest BCUT2D eigenvalue weighted by Gasteiger charge is 2.23. The number of hydrogen-bond donors (Lipinski definition) is 2. The number of thioether (sulfide) groups is 1. The van der Waals surface area contributed by atoms with Crippen LogP contribution in [0.5, 0.6) is 0 Å². The van der Waals surface area contributed by atoms with Gasteiger partial charge in [0.05, 0.1) is 15.8 Å². The smallest absolute Gasteiger partial charge is 0.262 e. The number of amides is 1. The first-order valence-electron chi connectivity index (χ1n) is 10.4. The molecule has 10 heteroatoms. The SMILES string of the molecule is NC(=O)C(Sc1nc2ccccc2c(=O)n1CCc1ccc(S(N)(=O)=O)cc1)c1ccccc1. The minimum Gasteiger partial charge on any atom is -0.368 e. The number of hydrogen-bond acceptors (Lipinski definition) is 6. The number of benzene rings is 3. The molecule has 0 saturated carbocycles. The number of aryl methyl sites for hydroxylation is 1. The maximum atomic E-state index is 13.3. The lowest BCUT2D eigenvalue weighted by Crippen LogP contribution is -2.26. The zero-order valence-corrected chi connectivity index (χ0v) is 19.6. The molecule has 0 saturated heterocycles. The van der Waals surface area contributed by atoms with E-state index in [2.05, 4.69) is 4.98 Å². The lowest BCUT2D eigenvalue weighted by Gasteiger charge is -2.17. The van der Waals surface area contributed by atoms with Crippen LogP contribution in [0.1, 0.15) is 16.4 Å². The van der Waals surface area contributed by atoms with Gasteiger partial charge in [-0.3, -0.25) is 14.2 Å². The van der Waals surface area contributed by atoms with Gasteiger partial charge >= 0.3 is 0 Å². The Kier molecular flexibility index (Phi) is 6.82. The van der Waals surface area contributed by atoms with E-state index in [1.807, 2.05) is 18.2 Å². The first-order chi connectivity index (χ1) is 16.2. The quantitative estimate of drug-likeness (QED) is 0.285. The van der Waals surface area contributed by atoms with Crippen LogP contribution in [0, 0.1) is 0 Å². The van der Waals surface area contributed by atoms with Crippen molar-refractivity contribution in [2.45, 2.75) is 28.3 Å². The number of nitrogens with zero attached hydrogens (tertiary/aromatic N) is 2. The molecule has 0 radical (unpaired) electrons. The molecule has 0 spiro atoms. The van der Waals surface area contributed by atoms with Gasteiger partial charge in [0.2, 0.25) is 15.9 Å². The zero-order valence-electron chi connectivity index (χ0n) is 18.0. The van der Waals surface area contributed by atoms with Crippen molar-refractivity contribution in [1.82, 2.24) is 9.55 Å². The Balaban J connectivity index is 1.71. The minimum absolute atomic E-state index is 0.0178. The van der Waals surface area contributed by atoms with Crippen LogP contribution in [0.25, 0.3) is 10.9 Å². The molecule has 4 aromatic rings. The van der Waals surface area contributed by atoms with E-state index in [-0.39, 0.29) is 17.0 Å². The molecule has 1 unspecified atom stereocenters. The van der Waals surface area contributed by atoms with E-state index < -0.39 is 21.2 Å². The van der Waals surface area contributed by atoms with E-state index in [1.54, 1.807) is 48.5 Å². The second-order valence-corrected chi connectivity index (χ2v) is 10.3. The average Bonchev–Trinajstić information content (AvgIpc) is 2.82. The van der Waals surface area contributed by atoms with Crippen LogP contribution < -0.4 is 16.4 Å². The fourth-order valence-electron chi connectivity index (χ4n) is 3.55. The molecular formula is C24H22N4O4S2. The molecule has 4 N–H and O–H groups in total. The number of nitrogens with two attached hydrogens (primary N) is 2.